The number of halogens is 1. The van der Waals surface area contributed by atoms with Gasteiger partial charge in [0, 0.05) is 19.1 Å². The highest BCUT2D eigenvalue weighted by Gasteiger charge is 2.27. The van der Waals surface area contributed by atoms with Gasteiger partial charge in [0.25, 0.3) is 5.56 Å². The molecule has 0 saturated heterocycles. The molecule has 1 saturated carbocycles. The number of likely N-dealkylation sites (N-methyl/N-ethyl adjacent to an activating group) is 1. The summed E-state index contributed by atoms with van der Waals surface area (Å²) in [7, 11) is 0. The SMILES string of the molecule is C#CCn1ncc(NCCN(CC)C2CC2)c(Br)c1=O. The lowest BCUT2D eigenvalue weighted by atomic mass is 10.4. The third-order valence-corrected chi connectivity index (χ3v) is 4.18. The molecule has 0 atom stereocenters. The zero-order chi connectivity index (χ0) is 14.5. The summed E-state index contributed by atoms with van der Waals surface area (Å²) >= 11 is 3.31. The molecule has 1 N–H and O–H groups in total. The van der Waals surface area contributed by atoms with E-state index in [1.54, 1.807) is 6.20 Å². The van der Waals surface area contributed by atoms with E-state index in [9.17, 15) is 4.79 Å². The van der Waals surface area contributed by atoms with Crippen molar-refractivity contribution in [2.75, 3.05) is 25.0 Å². The van der Waals surface area contributed by atoms with Gasteiger partial charge in [0.2, 0.25) is 0 Å². The van der Waals surface area contributed by atoms with Crippen LogP contribution in [-0.4, -0.2) is 40.4 Å². The van der Waals surface area contributed by atoms with Crippen molar-refractivity contribution < 1.29 is 0 Å². The second-order valence-electron chi connectivity index (χ2n) is 4.83. The third kappa shape index (κ3) is 3.62. The van der Waals surface area contributed by atoms with Crippen LogP contribution in [0.4, 0.5) is 5.69 Å². The number of terminal acetylenes is 1. The highest BCUT2D eigenvalue weighted by Crippen LogP contribution is 2.26. The first kappa shape index (κ1) is 15.1. The molecule has 1 aliphatic rings. The summed E-state index contributed by atoms with van der Waals surface area (Å²) < 4.78 is 1.75. The molecular weight excluding hydrogens is 320 g/mol. The molecule has 1 fully saturated rings. The van der Waals surface area contributed by atoms with Gasteiger partial charge in [-0.2, -0.15) is 5.10 Å². The summed E-state index contributed by atoms with van der Waals surface area (Å²) in [6, 6.07) is 0.756. The monoisotopic (exact) mass is 338 g/mol. The number of hydrogen-bond donors (Lipinski definition) is 1. The molecule has 1 heterocycles. The van der Waals surface area contributed by atoms with Crippen LogP contribution in [0.25, 0.3) is 0 Å². The molecule has 1 aromatic heterocycles. The van der Waals surface area contributed by atoms with Crippen molar-refractivity contribution in [3.8, 4) is 12.3 Å². The fourth-order valence-electron chi connectivity index (χ4n) is 2.16. The van der Waals surface area contributed by atoms with Crippen LogP contribution in [0, 0.1) is 12.3 Å². The van der Waals surface area contributed by atoms with E-state index in [0.717, 1.165) is 31.4 Å². The Bertz CT molecular complexity index is 559. The van der Waals surface area contributed by atoms with Gasteiger partial charge in [-0.05, 0) is 35.3 Å². The average molecular weight is 339 g/mol. The number of rotatable bonds is 7. The first-order chi connectivity index (χ1) is 9.67. The van der Waals surface area contributed by atoms with Gasteiger partial charge in [-0.3, -0.25) is 9.69 Å². The van der Waals surface area contributed by atoms with Crippen LogP contribution in [0.15, 0.2) is 15.5 Å². The Morgan fingerprint density at radius 3 is 3.00 bits per heavy atom. The van der Waals surface area contributed by atoms with E-state index in [1.807, 2.05) is 0 Å². The van der Waals surface area contributed by atoms with E-state index in [2.05, 4.69) is 44.1 Å². The molecular formula is C14H19BrN4O. The van der Waals surface area contributed by atoms with Gasteiger partial charge >= 0.3 is 0 Å². The predicted molar refractivity (Wildman–Crippen MR) is 83.8 cm³/mol. The second kappa shape index (κ2) is 6.91. The zero-order valence-electron chi connectivity index (χ0n) is 11.6. The number of nitrogens with one attached hydrogen (secondary N) is 1. The van der Waals surface area contributed by atoms with Crippen molar-refractivity contribution in [2.45, 2.75) is 32.4 Å². The van der Waals surface area contributed by atoms with Crippen molar-refractivity contribution in [1.29, 1.82) is 0 Å². The molecule has 20 heavy (non-hydrogen) atoms. The van der Waals surface area contributed by atoms with Crippen LogP contribution >= 0.6 is 15.9 Å². The summed E-state index contributed by atoms with van der Waals surface area (Å²) in [4.78, 5) is 14.4. The van der Waals surface area contributed by atoms with Gasteiger partial charge in [0.1, 0.15) is 11.0 Å². The number of aromatic nitrogens is 2. The largest absolute Gasteiger partial charge is 0.381 e. The van der Waals surface area contributed by atoms with Gasteiger partial charge < -0.3 is 5.32 Å². The highest BCUT2D eigenvalue weighted by molar-refractivity contribution is 9.10. The quantitative estimate of drug-likeness (QED) is 0.766. The van der Waals surface area contributed by atoms with E-state index >= 15 is 0 Å². The molecule has 0 radical (unpaired) electrons. The Balaban J connectivity index is 1.94. The molecule has 1 aliphatic carbocycles. The van der Waals surface area contributed by atoms with Crippen molar-refractivity contribution >= 4 is 21.6 Å². The standard InChI is InChI=1S/C14H19BrN4O/c1-3-8-19-14(20)13(15)12(10-17-19)16-7-9-18(4-2)11-5-6-11/h1,10-11,16H,4-9H2,2H3. The average Bonchev–Trinajstić information content (AvgIpc) is 3.27. The van der Waals surface area contributed by atoms with Gasteiger partial charge in [0.05, 0.1) is 11.9 Å². The molecule has 6 heteroatoms. The summed E-state index contributed by atoms with van der Waals surface area (Å²) in [6.07, 6.45) is 9.44. The minimum absolute atomic E-state index is 0.184. The van der Waals surface area contributed by atoms with Crippen LogP contribution in [0.1, 0.15) is 19.8 Å². The van der Waals surface area contributed by atoms with Crippen molar-refractivity contribution in [1.82, 2.24) is 14.7 Å². The summed E-state index contributed by atoms with van der Waals surface area (Å²) in [6.45, 7) is 5.19. The molecule has 0 aromatic carbocycles. The lowest BCUT2D eigenvalue weighted by molar-refractivity contribution is 0.289. The lowest BCUT2D eigenvalue weighted by Gasteiger charge is -2.20. The summed E-state index contributed by atoms with van der Waals surface area (Å²) in [5, 5.41) is 7.30. The molecule has 0 unspecified atom stereocenters. The van der Waals surface area contributed by atoms with Crippen LogP contribution in [0.5, 0.6) is 0 Å². The van der Waals surface area contributed by atoms with E-state index in [0.29, 0.717) is 4.47 Å². The number of anilines is 1. The van der Waals surface area contributed by atoms with E-state index in [-0.39, 0.29) is 12.1 Å². The van der Waals surface area contributed by atoms with Crippen LogP contribution in [0.2, 0.25) is 0 Å². The number of hydrogen-bond acceptors (Lipinski definition) is 4. The van der Waals surface area contributed by atoms with Crippen LogP contribution in [0.3, 0.4) is 0 Å². The molecule has 1 aromatic rings. The normalized spacial score (nSPS) is 14.3. The maximum Gasteiger partial charge on any atom is 0.284 e. The predicted octanol–water partition coefficient (Wildman–Crippen LogP) is 1.54. The molecule has 0 bridgehead atoms. The van der Waals surface area contributed by atoms with Crippen molar-refractivity contribution in [3.63, 3.8) is 0 Å². The number of nitrogens with zero attached hydrogens (tertiary/aromatic N) is 3. The van der Waals surface area contributed by atoms with E-state index < -0.39 is 0 Å². The Labute approximate surface area is 127 Å². The molecule has 0 aliphatic heterocycles. The van der Waals surface area contributed by atoms with Crippen molar-refractivity contribution in [3.05, 3.63) is 21.0 Å². The molecule has 5 nitrogen and oxygen atoms in total. The third-order valence-electron chi connectivity index (χ3n) is 3.41. The van der Waals surface area contributed by atoms with Crippen LogP contribution < -0.4 is 10.9 Å². The van der Waals surface area contributed by atoms with Crippen LogP contribution in [-0.2, 0) is 6.54 Å². The lowest BCUT2D eigenvalue weighted by Crippen LogP contribution is -2.31. The Morgan fingerprint density at radius 1 is 1.65 bits per heavy atom. The molecule has 0 spiro atoms. The first-order valence-electron chi connectivity index (χ1n) is 6.84. The molecule has 0 amide bonds. The second-order valence-corrected chi connectivity index (χ2v) is 5.62. The Morgan fingerprint density at radius 2 is 2.40 bits per heavy atom. The van der Waals surface area contributed by atoms with Gasteiger partial charge in [-0.15, -0.1) is 6.42 Å². The van der Waals surface area contributed by atoms with Gasteiger partial charge in [-0.25, -0.2) is 4.68 Å². The Kier molecular flexibility index (Phi) is 5.21. The smallest absolute Gasteiger partial charge is 0.284 e. The first-order valence-corrected chi connectivity index (χ1v) is 7.63. The fraction of sp³-hybridized carbons (Fsp3) is 0.571. The van der Waals surface area contributed by atoms with E-state index in [1.165, 1.54) is 17.5 Å². The minimum atomic E-state index is -0.206. The van der Waals surface area contributed by atoms with Crippen molar-refractivity contribution in [2.24, 2.45) is 0 Å². The Hall–Kier alpha value is -1.32. The van der Waals surface area contributed by atoms with E-state index in [4.69, 9.17) is 6.42 Å². The fourth-order valence-corrected chi connectivity index (χ4v) is 2.61. The summed E-state index contributed by atoms with van der Waals surface area (Å²) in [5.74, 6) is 2.41. The maximum atomic E-state index is 12.0. The van der Waals surface area contributed by atoms with Gasteiger partial charge in [-0.1, -0.05) is 12.8 Å². The van der Waals surface area contributed by atoms with Gasteiger partial charge in [0.15, 0.2) is 0 Å². The maximum absolute atomic E-state index is 12.0. The topological polar surface area (TPSA) is 50.2 Å². The molecule has 108 valence electrons. The zero-order valence-corrected chi connectivity index (χ0v) is 13.2. The summed E-state index contributed by atoms with van der Waals surface area (Å²) in [5.41, 5.74) is 0.512. The minimum Gasteiger partial charge on any atom is -0.381 e. The highest BCUT2D eigenvalue weighted by atomic mass is 79.9. The molecule has 2 rings (SSSR count).